The van der Waals surface area contributed by atoms with Gasteiger partial charge in [0.2, 0.25) is 5.95 Å². The lowest BCUT2D eigenvalue weighted by Crippen LogP contribution is -2.38. The average molecular weight is 473 g/mol. The molecule has 0 saturated heterocycles. The number of benzene rings is 1. The van der Waals surface area contributed by atoms with Crippen molar-refractivity contribution in [3.63, 3.8) is 0 Å². The number of methoxy groups -OCH3 is 1. The second-order valence-electron chi connectivity index (χ2n) is 9.28. The largest absolute Gasteiger partial charge is 0.469 e. The van der Waals surface area contributed by atoms with Crippen molar-refractivity contribution >= 4 is 17.6 Å². The smallest absolute Gasteiger partial charge is 0.353 e. The lowest BCUT2D eigenvalue weighted by molar-refractivity contribution is -0.153. The van der Waals surface area contributed by atoms with E-state index in [9.17, 15) is 9.59 Å². The zero-order valence-electron chi connectivity index (χ0n) is 20.1. The third-order valence-corrected chi connectivity index (χ3v) is 6.80. The minimum absolute atomic E-state index is 0.0416. The van der Waals surface area contributed by atoms with Crippen LogP contribution < -0.4 is 11.4 Å². The van der Waals surface area contributed by atoms with Gasteiger partial charge in [0.25, 0.3) is 0 Å². The number of pyridine rings is 1. The van der Waals surface area contributed by atoms with Gasteiger partial charge in [0.15, 0.2) is 5.65 Å². The molecule has 0 radical (unpaired) electrons. The van der Waals surface area contributed by atoms with Gasteiger partial charge in [-0.1, -0.05) is 43.2 Å². The average Bonchev–Trinajstić information content (AvgIpc) is 3.44. The molecule has 0 unspecified atom stereocenters. The molecule has 0 aliphatic heterocycles. The van der Waals surface area contributed by atoms with E-state index in [0.717, 1.165) is 35.4 Å². The third-order valence-electron chi connectivity index (χ3n) is 6.80. The maximum Gasteiger partial charge on any atom is 0.353 e. The van der Waals surface area contributed by atoms with Crippen molar-refractivity contribution < 1.29 is 9.53 Å². The highest BCUT2D eigenvalue weighted by molar-refractivity contribution is 5.90. The minimum atomic E-state index is -0.773. The molecule has 0 amide bonds. The molecule has 3 heterocycles. The van der Waals surface area contributed by atoms with Crippen LogP contribution in [0.3, 0.4) is 0 Å². The third kappa shape index (κ3) is 3.86. The van der Waals surface area contributed by atoms with E-state index in [1.807, 2.05) is 56.3 Å². The number of hydrogen-bond acceptors (Lipinski definition) is 7. The van der Waals surface area contributed by atoms with Crippen molar-refractivity contribution in [3.05, 3.63) is 64.3 Å². The first-order chi connectivity index (χ1) is 16.8. The van der Waals surface area contributed by atoms with Crippen molar-refractivity contribution in [3.8, 4) is 22.4 Å². The molecular weight excluding hydrogens is 444 g/mol. The highest BCUT2D eigenvalue weighted by Gasteiger charge is 2.43. The van der Waals surface area contributed by atoms with Crippen LogP contribution in [0.25, 0.3) is 28.0 Å². The summed E-state index contributed by atoms with van der Waals surface area (Å²) in [6.45, 7) is 3.98. The maximum atomic E-state index is 13.5. The van der Waals surface area contributed by atoms with Gasteiger partial charge < -0.3 is 10.5 Å². The summed E-state index contributed by atoms with van der Waals surface area (Å²) in [7, 11) is 1.38. The first-order valence-electron chi connectivity index (χ1n) is 11.7. The van der Waals surface area contributed by atoms with Gasteiger partial charge in [-0.3, -0.25) is 9.78 Å². The molecule has 0 spiro atoms. The van der Waals surface area contributed by atoms with Crippen LogP contribution in [-0.2, 0) is 16.1 Å². The molecule has 3 aromatic heterocycles. The second-order valence-corrected chi connectivity index (χ2v) is 9.28. The summed E-state index contributed by atoms with van der Waals surface area (Å²) in [5.41, 5.74) is 10.2. The molecule has 35 heavy (non-hydrogen) atoms. The summed E-state index contributed by atoms with van der Waals surface area (Å²) in [4.78, 5) is 35.4. The van der Waals surface area contributed by atoms with Crippen LogP contribution in [0.1, 0.15) is 37.1 Å². The number of carbonyl (C=O) groups is 1. The summed E-state index contributed by atoms with van der Waals surface area (Å²) in [5, 5.41) is 4.74. The Hall–Kier alpha value is -4.01. The highest BCUT2D eigenvalue weighted by atomic mass is 16.5. The lowest BCUT2D eigenvalue weighted by Gasteiger charge is -2.24. The Morgan fingerprint density at radius 1 is 1.06 bits per heavy atom. The number of nitrogens with zero attached hydrogens (tertiary/aromatic N) is 5. The Kier molecular flexibility index (Phi) is 5.62. The predicted octanol–water partition coefficient (Wildman–Crippen LogP) is 3.55. The lowest BCUT2D eigenvalue weighted by atomic mass is 9.86. The number of hydrogen-bond donors (Lipinski definition) is 1. The predicted molar refractivity (Wildman–Crippen MR) is 133 cm³/mol. The zero-order valence-corrected chi connectivity index (χ0v) is 20.1. The number of fused-ring (bicyclic) bond motifs is 1. The molecule has 180 valence electrons. The van der Waals surface area contributed by atoms with Gasteiger partial charge in [-0.05, 0) is 44.4 Å². The van der Waals surface area contributed by atoms with E-state index in [4.69, 9.17) is 15.6 Å². The molecule has 1 aliphatic rings. The number of esters is 1. The summed E-state index contributed by atoms with van der Waals surface area (Å²) >= 11 is 0. The molecule has 2 N–H and O–H groups in total. The molecule has 9 heteroatoms. The number of nitrogen functional groups attached to an aromatic ring is 1. The van der Waals surface area contributed by atoms with Gasteiger partial charge in [-0.25, -0.2) is 18.9 Å². The standard InChI is InChI=1S/C26H28N6O3/c1-16-13-19(14-17(2)28-16)20-21(18-9-5-4-6-10-18)29-24(27)32-22(20)30-31(25(32)34)15-26(23(33)35-3)11-7-8-12-26/h4-6,9-10,13-14H,7-8,11-12,15H2,1-3H3,(H2,27,29). The molecule has 5 rings (SSSR count). The number of aromatic nitrogens is 5. The molecule has 1 aliphatic carbocycles. The number of rotatable bonds is 5. The van der Waals surface area contributed by atoms with E-state index < -0.39 is 11.1 Å². The SMILES string of the molecule is COC(=O)C1(Cn2nc3c(-c4cc(C)nc(C)c4)c(-c4ccccc4)nc(N)n3c2=O)CCCC1. The van der Waals surface area contributed by atoms with Gasteiger partial charge in [0.1, 0.15) is 0 Å². The Morgan fingerprint density at radius 3 is 2.34 bits per heavy atom. The topological polar surface area (TPSA) is 117 Å². The Bertz CT molecular complexity index is 1460. The number of carbonyl (C=O) groups excluding carboxylic acids is 1. The second kappa shape index (κ2) is 8.65. The van der Waals surface area contributed by atoms with Crippen molar-refractivity contribution in [2.75, 3.05) is 12.8 Å². The normalized spacial score (nSPS) is 14.9. The summed E-state index contributed by atoms with van der Waals surface area (Å²) in [6.07, 6.45) is 3.11. The van der Waals surface area contributed by atoms with Crippen LogP contribution in [0.2, 0.25) is 0 Å². The molecule has 9 nitrogen and oxygen atoms in total. The van der Waals surface area contributed by atoms with Crippen molar-refractivity contribution in [1.29, 1.82) is 0 Å². The van der Waals surface area contributed by atoms with E-state index in [1.54, 1.807) is 0 Å². The van der Waals surface area contributed by atoms with Gasteiger partial charge in [0.05, 0.1) is 30.3 Å². The zero-order chi connectivity index (χ0) is 24.7. The van der Waals surface area contributed by atoms with Gasteiger partial charge >= 0.3 is 11.7 Å². The summed E-state index contributed by atoms with van der Waals surface area (Å²) < 4.78 is 7.78. The van der Waals surface area contributed by atoms with Gasteiger partial charge in [0, 0.05) is 17.0 Å². The molecule has 4 aromatic rings. The first-order valence-corrected chi connectivity index (χ1v) is 11.7. The fourth-order valence-electron chi connectivity index (χ4n) is 5.24. The Balaban J connectivity index is 1.79. The van der Waals surface area contributed by atoms with Gasteiger partial charge in [-0.2, -0.15) is 0 Å². The van der Waals surface area contributed by atoms with E-state index in [1.165, 1.54) is 16.2 Å². The summed E-state index contributed by atoms with van der Waals surface area (Å²) in [5.74, 6) is -0.268. The van der Waals surface area contributed by atoms with Gasteiger partial charge in [-0.15, -0.1) is 5.10 Å². The Morgan fingerprint density at radius 2 is 1.71 bits per heavy atom. The minimum Gasteiger partial charge on any atom is -0.469 e. The van der Waals surface area contributed by atoms with Crippen molar-refractivity contribution in [1.82, 2.24) is 24.1 Å². The first kappa shape index (κ1) is 22.8. The molecule has 1 saturated carbocycles. The Labute approximate surface area is 202 Å². The number of ether oxygens (including phenoxy) is 1. The highest BCUT2D eigenvalue weighted by Crippen LogP contribution is 2.41. The van der Waals surface area contributed by atoms with E-state index >= 15 is 0 Å². The van der Waals surface area contributed by atoms with E-state index in [2.05, 4.69) is 9.97 Å². The number of anilines is 1. The van der Waals surface area contributed by atoms with Crippen LogP contribution in [0.4, 0.5) is 5.95 Å². The van der Waals surface area contributed by atoms with Crippen molar-refractivity contribution in [2.24, 2.45) is 5.41 Å². The maximum absolute atomic E-state index is 13.5. The quantitative estimate of drug-likeness (QED) is 0.441. The summed E-state index contributed by atoms with van der Waals surface area (Å²) in [6, 6.07) is 13.6. The monoisotopic (exact) mass is 472 g/mol. The fraction of sp³-hybridized carbons (Fsp3) is 0.346. The molecule has 0 atom stereocenters. The van der Waals surface area contributed by atoms with Crippen LogP contribution >= 0.6 is 0 Å². The van der Waals surface area contributed by atoms with E-state index in [0.29, 0.717) is 29.7 Å². The number of aryl methyl sites for hydroxylation is 2. The number of nitrogens with two attached hydrogens (primary N) is 1. The van der Waals surface area contributed by atoms with Crippen LogP contribution in [0.15, 0.2) is 47.3 Å². The molecular formula is C26H28N6O3. The van der Waals surface area contributed by atoms with Crippen LogP contribution in [0, 0.1) is 19.3 Å². The van der Waals surface area contributed by atoms with Crippen molar-refractivity contribution in [2.45, 2.75) is 46.1 Å². The molecule has 1 aromatic carbocycles. The van der Waals surface area contributed by atoms with Crippen LogP contribution in [-0.4, -0.2) is 37.2 Å². The van der Waals surface area contributed by atoms with E-state index in [-0.39, 0.29) is 18.5 Å². The fourth-order valence-corrected chi connectivity index (χ4v) is 5.24. The molecule has 1 fully saturated rings. The molecule has 0 bridgehead atoms. The van der Waals surface area contributed by atoms with Crippen LogP contribution in [0.5, 0.6) is 0 Å².